The molecule has 4 heterocycles. The average molecular weight is 416 g/mol. The van der Waals surface area contributed by atoms with Gasteiger partial charge in [0.2, 0.25) is 5.90 Å². The first-order chi connectivity index (χ1) is 15.2. The number of fused-ring (bicyclic) bond motifs is 5. The predicted octanol–water partition coefficient (Wildman–Crippen LogP) is 3.02. The smallest absolute Gasteiger partial charge is 0.238 e. The highest BCUT2D eigenvalue weighted by atomic mass is 19.1. The fourth-order valence-electron chi connectivity index (χ4n) is 4.04. The average Bonchev–Trinajstić information content (AvgIpc) is 3.53. The maximum absolute atomic E-state index is 13.3. The Morgan fingerprint density at radius 2 is 2.00 bits per heavy atom. The molecule has 4 aromatic rings. The van der Waals surface area contributed by atoms with E-state index in [-0.39, 0.29) is 11.9 Å². The fourth-order valence-corrected chi connectivity index (χ4v) is 4.04. The van der Waals surface area contributed by atoms with E-state index in [0.717, 1.165) is 34.1 Å². The number of nitrogens with zero attached hydrogens (tertiary/aromatic N) is 6. The lowest BCUT2D eigenvalue weighted by molar-refractivity contribution is 0.319. The summed E-state index contributed by atoms with van der Waals surface area (Å²) < 4.78 is 28.4. The van der Waals surface area contributed by atoms with Crippen molar-refractivity contribution in [2.24, 2.45) is 4.99 Å². The number of aliphatic imine (C=N–C) groups is 1. The predicted molar refractivity (Wildman–Crippen MR) is 109 cm³/mol. The molecule has 6 rings (SSSR count). The number of hydrogen-bond donors (Lipinski definition) is 0. The zero-order valence-electron chi connectivity index (χ0n) is 16.6. The maximum Gasteiger partial charge on any atom is 0.238 e. The van der Waals surface area contributed by atoms with Crippen LogP contribution in [0.4, 0.5) is 4.39 Å². The Bertz CT molecular complexity index is 1320. The first-order valence-corrected chi connectivity index (χ1v) is 9.82. The Hall–Kier alpha value is -4.01. The maximum atomic E-state index is 13.3. The second kappa shape index (κ2) is 6.76. The molecular formula is C22H17FN6O2. The third-order valence-corrected chi connectivity index (χ3v) is 5.61. The van der Waals surface area contributed by atoms with Gasteiger partial charge in [-0.05, 0) is 29.8 Å². The molecule has 0 aliphatic carbocycles. The van der Waals surface area contributed by atoms with E-state index in [9.17, 15) is 4.39 Å². The normalized spacial score (nSPS) is 16.6. The summed E-state index contributed by atoms with van der Waals surface area (Å²) in [5, 5.41) is 8.36. The molecule has 0 unspecified atom stereocenters. The third-order valence-electron chi connectivity index (χ3n) is 5.61. The van der Waals surface area contributed by atoms with Crippen molar-refractivity contribution in [2.75, 3.05) is 13.7 Å². The molecule has 0 spiro atoms. The number of hydrogen-bond acceptors (Lipinski definition) is 6. The lowest BCUT2D eigenvalue weighted by Gasteiger charge is -2.11. The molecule has 0 radical (unpaired) electrons. The van der Waals surface area contributed by atoms with Crippen LogP contribution in [0.2, 0.25) is 0 Å². The largest absolute Gasteiger partial charge is 0.497 e. The number of rotatable bonds is 3. The van der Waals surface area contributed by atoms with Gasteiger partial charge in [0, 0.05) is 12.5 Å². The highest BCUT2D eigenvalue weighted by molar-refractivity contribution is 5.95. The fraction of sp³-hybridized carbons (Fsp3) is 0.182. The van der Waals surface area contributed by atoms with Crippen molar-refractivity contribution in [3.05, 3.63) is 83.5 Å². The summed E-state index contributed by atoms with van der Waals surface area (Å²) in [7, 11) is 1.63. The molecule has 9 heteroatoms. The van der Waals surface area contributed by atoms with Crippen LogP contribution in [0, 0.1) is 5.82 Å². The molecule has 0 amide bonds. The van der Waals surface area contributed by atoms with Crippen molar-refractivity contribution in [1.29, 1.82) is 0 Å². The van der Waals surface area contributed by atoms with Crippen LogP contribution in [0.3, 0.4) is 0 Å². The van der Waals surface area contributed by atoms with E-state index in [1.807, 2.05) is 27.4 Å². The molecule has 154 valence electrons. The van der Waals surface area contributed by atoms with Gasteiger partial charge in [0.05, 0.1) is 36.1 Å². The molecule has 2 aliphatic rings. The van der Waals surface area contributed by atoms with Crippen molar-refractivity contribution in [2.45, 2.75) is 12.5 Å². The van der Waals surface area contributed by atoms with Gasteiger partial charge in [0.1, 0.15) is 36.2 Å². The second-order valence-corrected chi connectivity index (χ2v) is 7.39. The van der Waals surface area contributed by atoms with Crippen LogP contribution in [-0.4, -0.2) is 44.2 Å². The van der Waals surface area contributed by atoms with Crippen LogP contribution < -0.4 is 4.74 Å². The van der Waals surface area contributed by atoms with E-state index in [0.29, 0.717) is 24.6 Å². The van der Waals surface area contributed by atoms with Gasteiger partial charge >= 0.3 is 0 Å². The second-order valence-electron chi connectivity index (χ2n) is 7.39. The van der Waals surface area contributed by atoms with Gasteiger partial charge < -0.3 is 9.47 Å². The van der Waals surface area contributed by atoms with Crippen molar-refractivity contribution >= 4 is 5.90 Å². The molecule has 8 nitrogen and oxygen atoms in total. The highest BCUT2D eigenvalue weighted by Gasteiger charge is 2.29. The zero-order valence-corrected chi connectivity index (χ0v) is 16.6. The SMILES string of the molecule is COc1ccc2c(c1)-n1nncc1Cc1c(C3=N[C@H](c4ccc(F)cc4)CO3)ncn1-2. The Morgan fingerprint density at radius 3 is 2.84 bits per heavy atom. The van der Waals surface area contributed by atoms with E-state index >= 15 is 0 Å². The number of benzene rings is 2. The van der Waals surface area contributed by atoms with Crippen LogP contribution >= 0.6 is 0 Å². The summed E-state index contributed by atoms with van der Waals surface area (Å²) in [6.45, 7) is 0.389. The van der Waals surface area contributed by atoms with Crippen molar-refractivity contribution < 1.29 is 13.9 Å². The molecule has 2 aliphatic heterocycles. The molecule has 0 bridgehead atoms. The molecule has 0 N–H and O–H groups in total. The molecule has 2 aromatic carbocycles. The van der Waals surface area contributed by atoms with E-state index in [1.165, 1.54) is 12.1 Å². The van der Waals surface area contributed by atoms with Gasteiger partial charge in [-0.25, -0.2) is 19.0 Å². The van der Waals surface area contributed by atoms with E-state index in [1.54, 1.807) is 31.8 Å². The van der Waals surface area contributed by atoms with E-state index in [4.69, 9.17) is 14.5 Å². The van der Waals surface area contributed by atoms with Gasteiger partial charge in [-0.1, -0.05) is 17.3 Å². The topological polar surface area (TPSA) is 79.3 Å². The van der Waals surface area contributed by atoms with Crippen LogP contribution in [0.25, 0.3) is 11.4 Å². The first kappa shape index (κ1) is 17.8. The van der Waals surface area contributed by atoms with Gasteiger partial charge in [0.15, 0.2) is 0 Å². The van der Waals surface area contributed by atoms with E-state index in [2.05, 4.69) is 15.3 Å². The lowest BCUT2D eigenvalue weighted by atomic mass is 10.1. The molecule has 2 aromatic heterocycles. The van der Waals surface area contributed by atoms with Crippen molar-refractivity contribution in [1.82, 2.24) is 24.5 Å². The summed E-state index contributed by atoms with van der Waals surface area (Å²) in [6, 6.07) is 11.9. The summed E-state index contributed by atoms with van der Waals surface area (Å²) in [4.78, 5) is 9.36. The highest BCUT2D eigenvalue weighted by Crippen LogP contribution is 2.33. The molecule has 0 fully saturated rings. The first-order valence-electron chi connectivity index (χ1n) is 9.82. The van der Waals surface area contributed by atoms with E-state index < -0.39 is 0 Å². The number of aromatic nitrogens is 5. The zero-order chi connectivity index (χ0) is 20.9. The minimum Gasteiger partial charge on any atom is -0.497 e. The summed E-state index contributed by atoms with van der Waals surface area (Å²) in [6.07, 6.45) is 4.07. The molecule has 1 atom stereocenters. The monoisotopic (exact) mass is 416 g/mol. The number of methoxy groups -OCH3 is 1. The minimum absolute atomic E-state index is 0.192. The van der Waals surface area contributed by atoms with Crippen LogP contribution in [-0.2, 0) is 11.2 Å². The van der Waals surface area contributed by atoms with Gasteiger partial charge in [-0.2, -0.15) is 0 Å². The number of imidazole rings is 1. The third kappa shape index (κ3) is 2.81. The lowest BCUT2D eigenvalue weighted by Crippen LogP contribution is -2.08. The van der Waals surface area contributed by atoms with Crippen LogP contribution in [0.15, 0.2) is 60.0 Å². The van der Waals surface area contributed by atoms with Crippen molar-refractivity contribution in [3.63, 3.8) is 0 Å². The molecule has 0 saturated heterocycles. The Morgan fingerprint density at radius 1 is 1.13 bits per heavy atom. The molecule has 0 saturated carbocycles. The van der Waals surface area contributed by atoms with Gasteiger partial charge in [-0.15, -0.1) is 5.10 Å². The molecule has 31 heavy (non-hydrogen) atoms. The van der Waals surface area contributed by atoms with Crippen molar-refractivity contribution in [3.8, 4) is 17.1 Å². The summed E-state index contributed by atoms with van der Waals surface area (Å²) >= 11 is 0. The van der Waals surface area contributed by atoms with Crippen LogP contribution in [0.1, 0.15) is 28.7 Å². The Balaban J connectivity index is 1.45. The standard InChI is InChI=1S/C22H17FN6O2/c1-30-16-6-7-18-19(9-16)29-15(10-25-27-29)8-20-21(24-12-28(18)20)22-26-17(11-31-22)13-2-4-14(23)5-3-13/h2-7,9-10,12,17H,8,11H2,1H3/t17-/m0/s1. The van der Waals surface area contributed by atoms with Gasteiger partial charge in [0.25, 0.3) is 0 Å². The summed E-state index contributed by atoms with van der Waals surface area (Å²) in [5.41, 5.74) is 5.21. The number of halogens is 1. The van der Waals surface area contributed by atoms with Gasteiger partial charge in [-0.3, -0.25) is 4.57 Å². The van der Waals surface area contributed by atoms with Crippen LogP contribution in [0.5, 0.6) is 5.75 Å². The molecular weight excluding hydrogens is 399 g/mol. The minimum atomic E-state index is -0.271. The quantitative estimate of drug-likeness (QED) is 0.452. The summed E-state index contributed by atoms with van der Waals surface area (Å²) in [5.74, 6) is 0.945. The Kier molecular flexibility index (Phi) is 3.89. The number of ether oxygens (including phenoxy) is 2. The Labute approximate surface area is 176 Å².